The fourth-order valence-corrected chi connectivity index (χ4v) is 1.86. The molecule has 3 nitrogen and oxygen atoms in total. The Bertz CT molecular complexity index is 335. The van der Waals surface area contributed by atoms with Crippen molar-refractivity contribution < 1.29 is 4.74 Å². The molecule has 1 aromatic rings. The third kappa shape index (κ3) is 4.96. The molecule has 0 spiro atoms. The van der Waals surface area contributed by atoms with Gasteiger partial charge in [0, 0.05) is 13.1 Å². The van der Waals surface area contributed by atoms with Crippen molar-refractivity contribution in [3.63, 3.8) is 0 Å². The van der Waals surface area contributed by atoms with Crippen LogP contribution in [0.4, 0.5) is 5.69 Å². The quantitative estimate of drug-likeness (QED) is 0.766. The number of anilines is 1. The molecule has 0 radical (unpaired) electrons. The number of hydrogen-bond acceptors (Lipinski definition) is 3. The van der Waals surface area contributed by atoms with Crippen LogP contribution in [-0.2, 0) is 0 Å². The molecule has 1 N–H and O–H groups in total. The van der Waals surface area contributed by atoms with Gasteiger partial charge < -0.3 is 15.0 Å². The molecule has 0 unspecified atom stereocenters. The molecule has 0 saturated carbocycles. The summed E-state index contributed by atoms with van der Waals surface area (Å²) in [5.41, 5.74) is 1.08. The second-order valence-corrected chi connectivity index (χ2v) is 4.62. The van der Waals surface area contributed by atoms with Gasteiger partial charge in [0.15, 0.2) is 0 Å². The molecule has 0 aliphatic heterocycles. The average Bonchev–Trinajstić information content (AvgIpc) is 2.36. The Morgan fingerprint density at radius 1 is 1.17 bits per heavy atom. The molecule has 1 rings (SSSR count). The van der Waals surface area contributed by atoms with Crippen molar-refractivity contribution in [1.29, 1.82) is 0 Å². The van der Waals surface area contributed by atoms with E-state index in [-0.39, 0.29) is 6.10 Å². The van der Waals surface area contributed by atoms with Gasteiger partial charge in [0.05, 0.1) is 11.8 Å². The molecule has 0 atom stereocenters. The molecule has 0 aliphatic rings. The number of nitrogens with zero attached hydrogens (tertiary/aromatic N) is 1. The van der Waals surface area contributed by atoms with E-state index in [0.29, 0.717) is 0 Å². The van der Waals surface area contributed by atoms with Gasteiger partial charge in [-0.3, -0.25) is 0 Å². The van der Waals surface area contributed by atoms with Crippen molar-refractivity contribution in [2.75, 3.05) is 31.5 Å². The summed E-state index contributed by atoms with van der Waals surface area (Å²) in [6.45, 7) is 12.7. The van der Waals surface area contributed by atoms with Crippen LogP contribution in [0.25, 0.3) is 0 Å². The Morgan fingerprint density at radius 3 is 2.44 bits per heavy atom. The summed E-state index contributed by atoms with van der Waals surface area (Å²) in [6.07, 6.45) is 0.204. The molecule has 3 heteroatoms. The highest BCUT2D eigenvalue weighted by atomic mass is 16.5. The van der Waals surface area contributed by atoms with Gasteiger partial charge in [-0.2, -0.15) is 0 Å². The van der Waals surface area contributed by atoms with E-state index in [1.165, 1.54) is 0 Å². The van der Waals surface area contributed by atoms with Crippen molar-refractivity contribution >= 4 is 5.69 Å². The predicted molar refractivity (Wildman–Crippen MR) is 78.5 cm³/mol. The molecule has 0 saturated heterocycles. The van der Waals surface area contributed by atoms with Crippen molar-refractivity contribution in [2.24, 2.45) is 0 Å². The van der Waals surface area contributed by atoms with Crippen LogP contribution in [0.5, 0.6) is 5.75 Å². The number of ether oxygens (including phenoxy) is 1. The van der Waals surface area contributed by atoms with Gasteiger partial charge in [-0.15, -0.1) is 0 Å². The summed E-state index contributed by atoms with van der Waals surface area (Å²) >= 11 is 0. The minimum Gasteiger partial charge on any atom is -0.489 e. The fraction of sp³-hybridized carbons (Fsp3) is 0.600. The Labute approximate surface area is 111 Å². The minimum atomic E-state index is 0.204. The Balaban J connectivity index is 2.50. The molecule has 0 amide bonds. The van der Waals surface area contributed by atoms with E-state index in [4.69, 9.17) is 4.74 Å². The lowest BCUT2D eigenvalue weighted by Crippen LogP contribution is -2.28. The third-order valence-corrected chi connectivity index (χ3v) is 2.89. The van der Waals surface area contributed by atoms with E-state index in [1.807, 2.05) is 32.0 Å². The van der Waals surface area contributed by atoms with E-state index in [0.717, 1.165) is 37.6 Å². The summed E-state index contributed by atoms with van der Waals surface area (Å²) in [4.78, 5) is 2.40. The first-order chi connectivity index (χ1) is 8.67. The zero-order valence-electron chi connectivity index (χ0n) is 12.1. The lowest BCUT2D eigenvalue weighted by atomic mass is 10.3. The second-order valence-electron chi connectivity index (χ2n) is 4.62. The van der Waals surface area contributed by atoms with Gasteiger partial charge in [0.2, 0.25) is 0 Å². The van der Waals surface area contributed by atoms with Crippen LogP contribution >= 0.6 is 0 Å². The van der Waals surface area contributed by atoms with Gasteiger partial charge in [0.25, 0.3) is 0 Å². The van der Waals surface area contributed by atoms with Gasteiger partial charge in [-0.05, 0) is 39.1 Å². The van der Waals surface area contributed by atoms with Crippen molar-refractivity contribution in [1.82, 2.24) is 4.90 Å². The van der Waals surface area contributed by atoms with Crippen LogP contribution in [0.1, 0.15) is 27.7 Å². The van der Waals surface area contributed by atoms with E-state index in [1.54, 1.807) is 0 Å². The Morgan fingerprint density at radius 2 is 1.83 bits per heavy atom. The van der Waals surface area contributed by atoms with Gasteiger partial charge in [-0.1, -0.05) is 26.0 Å². The minimum absolute atomic E-state index is 0.204. The third-order valence-electron chi connectivity index (χ3n) is 2.89. The topological polar surface area (TPSA) is 24.5 Å². The summed E-state index contributed by atoms with van der Waals surface area (Å²) in [5.74, 6) is 0.937. The van der Waals surface area contributed by atoms with Gasteiger partial charge in [0.1, 0.15) is 5.75 Å². The monoisotopic (exact) mass is 250 g/mol. The molecule has 0 aliphatic carbocycles. The molecule has 0 aromatic heterocycles. The zero-order chi connectivity index (χ0) is 13.4. The highest BCUT2D eigenvalue weighted by Crippen LogP contribution is 2.24. The molecule has 102 valence electrons. The van der Waals surface area contributed by atoms with Gasteiger partial charge >= 0.3 is 0 Å². The largest absolute Gasteiger partial charge is 0.489 e. The normalized spacial score (nSPS) is 11.0. The highest BCUT2D eigenvalue weighted by molar-refractivity contribution is 5.56. The maximum Gasteiger partial charge on any atom is 0.142 e. The molecular formula is C15H26N2O. The van der Waals surface area contributed by atoms with E-state index >= 15 is 0 Å². The maximum atomic E-state index is 5.78. The highest BCUT2D eigenvalue weighted by Gasteiger charge is 2.05. The van der Waals surface area contributed by atoms with Crippen LogP contribution in [0.3, 0.4) is 0 Å². The molecule has 0 fully saturated rings. The summed E-state index contributed by atoms with van der Waals surface area (Å²) in [6, 6.07) is 8.12. The zero-order valence-corrected chi connectivity index (χ0v) is 12.1. The molecule has 18 heavy (non-hydrogen) atoms. The SMILES string of the molecule is CCN(CC)CCNc1ccccc1OC(C)C. The van der Waals surface area contributed by atoms with Crippen molar-refractivity contribution in [3.8, 4) is 5.75 Å². The summed E-state index contributed by atoms with van der Waals surface area (Å²) < 4.78 is 5.78. The standard InChI is InChI=1S/C15H26N2O/c1-5-17(6-2)12-11-16-14-9-7-8-10-15(14)18-13(3)4/h7-10,13,16H,5-6,11-12H2,1-4H3. The lowest BCUT2D eigenvalue weighted by molar-refractivity contribution is 0.243. The number of hydrogen-bond donors (Lipinski definition) is 1. The number of nitrogens with one attached hydrogen (secondary N) is 1. The van der Waals surface area contributed by atoms with Crippen LogP contribution < -0.4 is 10.1 Å². The molecule has 0 heterocycles. The van der Waals surface area contributed by atoms with Crippen LogP contribution in [0.15, 0.2) is 24.3 Å². The van der Waals surface area contributed by atoms with E-state index in [9.17, 15) is 0 Å². The van der Waals surface area contributed by atoms with Crippen molar-refractivity contribution in [2.45, 2.75) is 33.8 Å². The summed E-state index contributed by atoms with van der Waals surface area (Å²) in [7, 11) is 0. The fourth-order valence-electron chi connectivity index (χ4n) is 1.86. The van der Waals surface area contributed by atoms with E-state index in [2.05, 4.69) is 30.1 Å². The lowest BCUT2D eigenvalue weighted by Gasteiger charge is -2.20. The van der Waals surface area contributed by atoms with Gasteiger partial charge in [-0.25, -0.2) is 0 Å². The summed E-state index contributed by atoms with van der Waals surface area (Å²) in [5, 5.41) is 3.45. The Hall–Kier alpha value is -1.22. The van der Waals surface area contributed by atoms with Crippen LogP contribution in [-0.4, -0.2) is 37.2 Å². The average molecular weight is 250 g/mol. The molecule has 0 bridgehead atoms. The molecule has 1 aromatic carbocycles. The van der Waals surface area contributed by atoms with Crippen LogP contribution in [0, 0.1) is 0 Å². The van der Waals surface area contributed by atoms with E-state index < -0.39 is 0 Å². The predicted octanol–water partition coefficient (Wildman–Crippen LogP) is 3.23. The first kappa shape index (κ1) is 14.8. The maximum absolute atomic E-state index is 5.78. The number of rotatable bonds is 8. The second kappa shape index (κ2) is 7.98. The number of para-hydroxylation sites is 2. The first-order valence-electron chi connectivity index (χ1n) is 6.89. The smallest absolute Gasteiger partial charge is 0.142 e. The first-order valence-corrected chi connectivity index (χ1v) is 6.89. The number of benzene rings is 1. The molecular weight excluding hydrogens is 224 g/mol. The van der Waals surface area contributed by atoms with Crippen molar-refractivity contribution in [3.05, 3.63) is 24.3 Å². The number of likely N-dealkylation sites (N-methyl/N-ethyl adjacent to an activating group) is 1. The Kier molecular flexibility index (Phi) is 6.58. The van der Waals surface area contributed by atoms with Crippen LogP contribution in [0.2, 0.25) is 0 Å².